The molecule has 0 amide bonds. The minimum atomic E-state index is -2.41. The average Bonchev–Trinajstić information content (AvgIpc) is 1.85. The summed E-state index contributed by atoms with van der Waals surface area (Å²) in [6.07, 6.45) is 1.04. The van der Waals surface area contributed by atoms with Gasteiger partial charge in [0.2, 0.25) is 5.28 Å². The van der Waals surface area contributed by atoms with Crippen molar-refractivity contribution in [1.29, 1.82) is 0 Å². The Kier molecular flexibility index (Phi) is 5.33. The van der Waals surface area contributed by atoms with Crippen molar-refractivity contribution in [2.45, 2.75) is 4.90 Å². The third-order valence-electron chi connectivity index (χ3n) is 0.862. The Morgan fingerprint density at radius 1 is 1.50 bits per heavy atom. The van der Waals surface area contributed by atoms with Crippen molar-refractivity contribution in [2.75, 3.05) is 0 Å². The number of halogens is 2. The molecule has 12 heavy (non-hydrogen) atoms. The van der Waals surface area contributed by atoms with E-state index >= 15 is 0 Å². The molecular weight excluding hydrogens is 218 g/mol. The number of hydrogen-bond acceptors (Lipinski definition) is 4. The van der Waals surface area contributed by atoms with Crippen molar-refractivity contribution >= 4 is 34.3 Å². The first-order valence-electron chi connectivity index (χ1n) is 2.38. The van der Waals surface area contributed by atoms with Crippen molar-refractivity contribution in [1.82, 2.24) is 9.97 Å². The summed E-state index contributed by atoms with van der Waals surface area (Å²) in [6.45, 7) is 0. The van der Waals surface area contributed by atoms with E-state index in [0.717, 1.165) is 6.20 Å². The summed E-state index contributed by atoms with van der Waals surface area (Å²) >= 11 is 8.30. The number of hydrogen-bond donors (Lipinski definition) is 0. The summed E-state index contributed by atoms with van der Waals surface area (Å²) in [6, 6.07) is 0. The van der Waals surface area contributed by atoms with Crippen LogP contribution in [-0.2, 0) is 11.1 Å². The molecule has 0 bridgehead atoms. The second kappa shape index (κ2) is 5.17. The first-order chi connectivity index (χ1) is 5.11. The Labute approximate surface area is 93.2 Å². The Morgan fingerprint density at radius 3 is 2.50 bits per heavy atom. The minimum Gasteiger partial charge on any atom is -0.768 e. The molecule has 0 aliphatic rings. The molecule has 1 heterocycles. The van der Waals surface area contributed by atoms with Crippen LogP contribution in [0.3, 0.4) is 0 Å². The maximum Gasteiger partial charge on any atom is 1.00 e. The molecule has 1 unspecified atom stereocenters. The third kappa shape index (κ3) is 3.02. The average molecular weight is 219 g/mol. The molecule has 0 saturated heterocycles. The molecule has 0 spiro atoms. The molecule has 4 nitrogen and oxygen atoms in total. The minimum absolute atomic E-state index is 0. The fourth-order valence-electron chi connectivity index (χ4n) is 0.442. The van der Waals surface area contributed by atoms with Gasteiger partial charge in [0.25, 0.3) is 0 Å². The van der Waals surface area contributed by atoms with E-state index in [-0.39, 0.29) is 34.2 Å². The molecule has 1 atom stereocenters. The van der Waals surface area contributed by atoms with Crippen molar-refractivity contribution in [3.63, 3.8) is 0 Å². The summed E-state index contributed by atoms with van der Waals surface area (Å²) < 4.78 is 20.7. The summed E-state index contributed by atoms with van der Waals surface area (Å²) in [5.41, 5.74) is 0. The zero-order chi connectivity index (χ0) is 8.43. The van der Waals surface area contributed by atoms with E-state index in [2.05, 4.69) is 9.97 Å². The normalized spacial score (nSPS) is 11.9. The SMILES string of the molecule is O=S([O-])c1cnc(Cl)nc1Cl.[Li+]. The van der Waals surface area contributed by atoms with Crippen molar-refractivity contribution < 1.29 is 27.6 Å². The fraction of sp³-hybridized carbons (Fsp3) is 0. The number of rotatable bonds is 1. The monoisotopic (exact) mass is 218 g/mol. The van der Waals surface area contributed by atoms with Crippen molar-refractivity contribution in [3.8, 4) is 0 Å². The summed E-state index contributed by atoms with van der Waals surface area (Å²) in [5.74, 6) is 0. The van der Waals surface area contributed by atoms with E-state index in [1.54, 1.807) is 0 Å². The van der Waals surface area contributed by atoms with E-state index in [0.29, 0.717) is 0 Å². The quantitative estimate of drug-likeness (QED) is 0.238. The molecule has 1 rings (SSSR count). The van der Waals surface area contributed by atoms with Crippen molar-refractivity contribution in [2.24, 2.45) is 0 Å². The van der Waals surface area contributed by atoms with E-state index in [4.69, 9.17) is 23.2 Å². The van der Waals surface area contributed by atoms with Gasteiger partial charge in [0.1, 0.15) is 5.15 Å². The van der Waals surface area contributed by atoms with Crippen LogP contribution in [0.1, 0.15) is 0 Å². The van der Waals surface area contributed by atoms with Gasteiger partial charge in [-0.2, -0.15) is 0 Å². The van der Waals surface area contributed by atoms with Gasteiger partial charge in [-0.05, 0) is 22.7 Å². The Balaban J connectivity index is 0.00000121. The van der Waals surface area contributed by atoms with Crippen LogP contribution in [-0.4, -0.2) is 18.7 Å². The Bertz CT molecular complexity index is 311. The molecule has 1 aromatic rings. The smallest absolute Gasteiger partial charge is 0.768 e. The Hall–Kier alpha value is 0.367. The van der Waals surface area contributed by atoms with Crippen LogP contribution in [0, 0.1) is 0 Å². The largest absolute Gasteiger partial charge is 1.00 e. The van der Waals surface area contributed by atoms with Gasteiger partial charge in [0.15, 0.2) is 0 Å². The second-order valence-electron chi connectivity index (χ2n) is 1.53. The molecule has 60 valence electrons. The van der Waals surface area contributed by atoms with Gasteiger partial charge in [0.05, 0.1) is 4.90 Å². The summed E-state index contributed by atoms with van der Waals surface area (Å²) in [5, 5.41) is -0.248. The van der Waals surface area contributed by atoms with E-state index in [9.17, 15) is 8.76 Å². The summed E-state index contributed by atoms with van der Waals surface area (Å²) in [7, 11) is 0. The zero-order valence-corrected chi connectivity index (χ0v) is 8.28. The van der Waals surface area contributed by atoms with Crippen LogP contribution in [0.2, 0.25) is 10.4 Å². The molecule has 0 saturated carbocycles. The van der Waals surface area contributed by atoms with Crippen LogP contribution in [0.4, 0.5) is 0 Å². The van der Waals surface area contributed by atoms with Gasteiger partial charge in [0, 0.05) is 6.20 Å². The molecule has 0 fully saturated rings. The molecular formula is C4HCl2LiN2O2S. The van der Waals surface area contributed by atoms with Crippen LogP contribution in [0.25, 0.3) is 0 Å². The zero-order valence-electron chi connectivity index (χ0n) is 5.95. The van der Waals surface area contributed by atoms with Crippen LogP contribution >= 0.6 is 23.2 Å². The topological polar surface area (TPSA) is 65.9 Å². The predicted molar refractivity (Wildman–Crippen MR) is 39.2 cm³/mol. The predicted octanol–water partition coefficient (Wildman–Crippen LogP) is -1.97. The van der Waals surface area contributed by atoms with Gasteiger partial charge in [-0.15, -0.1) is 0 Å². The van der Waals surface area contributed by atoms with Gasteiger partial charge in [-0.25, -0.2) is 9.97 Å². The number of aromatic nitrogens is 2. The third-order valence-corrected chi connectivity index (χ3v) is 2.10. The molecule has 0 radical (unpaired) electrons. The molecule has 0 aromatic carbocycles. The molecule has 0 aliphatic carbocycles. The van der Waals surface area contributed by atoms with E-state index < -0.39 is 11.1 Å². The van der Waals surface area contributed by atoms with Gasteiger partial charge in [-0.3, -0.25) is 4.21 Å². The molecule has 0 N–H and O–H groups in total. The van der Waals surface area contributed by atoms with Crippen LogP contribution < -0.4 is 18.9 Å². The van der Waals surface area contributed by atoms with E-state index in [1.807, 2.05) is 0 Å². The maximum atomic E-state index is 10.3. The van der Waals surface area contributed by atoms with Gasteiger partial charge < -0.3 is 4.55 Å². The first-order valence-corrected chi connectivity index (χ1v) is 4.21. The molecule has 8 heteroatoms. The van der Waals surface area contributed by atoms with Crippen molar-refractivity contribution in [3.05, 3.63) is 16.6 Å². The Morgan fingerprint density at radius 2 is 2.08 bits per heavy atom. The molecule has 0 aliphatic heterocycles. The van der Waals surface area contributed by atoms with Gasteiger partial charge >= 0.3 is 18.9 Å². The summed E-state index contributed by atoms with van der Waals surface area (Å²) in [4.78, 5) is 6.70. The van der Waals surface area contributed by atoms with Gasteiger partial charge in [-0.1, -0.05) is 11.6 Å². The standard InChI is InChI=1S/C4H2Cl2N2O2S.Li/c5-3-2(11(9)10)1-7-4(6)8-3;/h1H,(H,9,10);/q;+1/p-1. The maximum absolute atomic E-state index is 10.3. The van der Waals surface area contributed by atoms with E-state index in [1.165, 1.54) is 0 Å². The number of nitrogens with zero attached hydrogens (tertiary/aromatic N) is 2. The second-order valence-corrected chi connectivity index (χ2v) is 3.13. The first kappa shape index (κ1) is 12.4. The fourth-order valence-corrected chi connectivity index (χ4v) is 1.26. The van der Waals surface area contributed by atoms with Crippen LogP contribution in [0.5, 0.6) is 0 Å². The molecule has 1 aromatic heterocycles. The van der Waals surface area contributed by atoms with Crippen LogP contribution in [0.15, 0.2) is 11.1 Å².